The number of nitro groups is 1. The van der Waals surface area contributed by atoms with E-state index in [-0.39, 0.29) is 17.9 Å². The number of nitrogens with one attached hydrogen (secondary N) is 2. The second-order valence-corrected chi connectivity index (χ2v) is 5.08. The Hall–Kier alpha value is -3.37. The maximum Gasteiger partial charge on any atom is 0.419 e. The summed E-state index contributed by atoms with van der Waals surface area (Å²) in [6, 6.07) is 5.93. The van der Waals surface area contributed by atoms with Crippen molar-refractivity contribution in [2.24, 2.45) is 0 Å². The van der Waals surface area contributed by atoms with Crippen molar-refractivity contribution in [3.8, 4) is 0 Å². The van der Waals surface area contributed by atoms with Crippen molar-refractivity contribution in [1.29, 1.82) is 0 Å². The lowest BCUT2D eigenvalue weighted by Gasteiger charge is -2.11. The van der Waals surface area contributed by atoms with Gasteiger partial charge in [0.15, 0.2) is 0 Å². The molecular formula is C15H11F4N3O4. The van der Waals surface area contributed by atoms with Gasteiger partial charge in [-0.3, -0.25) is 15.4 Å². The molecule has 138 valence electrons. The molecule has 0 heterocycles. The number of halogens is 4. The Morgan fingerprint density at radius 2 is 1.88 bits per heavy atom. The van der Waals surface area contributed by atoms with E-state index in [1.807, 2.05) is 5.32 Å². The van der Waals surface area contributed by atoms with Gasteiger partial charge in [0.25, 0.3) is 5.69 Å². The molecule has 11 heteroatoms. The van der Waals surface area contributed by atoms with Crippen LogP contribution in [0.3, 0.4) is 0 Å². The van der Waals surface area contributed by atoms with Crippen LogP contribution in [0.1, 0.15) is 11.1 Å². The van der Waals surface area contributed by atoms with Gasteiger partial charge in [-0.15, -0.1) is 0 Å². The van der Waals surface area contributed by atoms with Gasteiger partial charge in [0.05, 0.1) is 10.5 Å². The second-order valence-electron chi connectivity index (χ2n) is 5.08. The zero-order valence-corrected chi connectivity index (χ0v) is 12.8. The van der Waals surface area contributed by atoms with Crippen LogP contribution in [-0.4, -0.2) is 16.1 Å². The molecule has 2 aromatic rings. The molecule has 0 aromatic heterocycles. The van der Waals surface area contributed by atoms with Crippen LogP contribution >= 0.6 is 0 Å². The van der Waals surface area contributed by atoms with Crippen LogP contribution in [0.25, 0.3) is 0 Å². The van der Waals surface area contributed by atoms with Gasteiger partial charge >= 0.3 is 12.3 Å². The number of rotatable bonds is 5. The second kappa shape index (κ2) is 7.25. The van der Waals surface area contributed by atoms with E-state index >= 15 is 0 Å². The van der Waals surface area contributed by atoms with Crippen molar-refractivity contribution in [1.82, 2.24) is 0 Å². The van der Waals surface area contributed by atoms with Crippen LogP contribution in [-0.2, 0) is 12.7 Å². The average molecular weight is 373 g/mol. The van der Waals surface area contributed by atoms with Gasteiger partial charge in [0, 0.05) is 18.3 Å². The van der Waals surface area contributed by atoms with Gasteiger partial charge in [-0.1, -0.05) is 6.07 Å². The number of alkyl halides is 3. The van der Waals surface area contributed by atoms with Gasteiger partial charge in [0.2, 0.25) is 0 Å². The van der Waals surface area contributed by atoms with Crippen molar-refractivity contribution in [2.75, 3.05) is 10.6 Å². The number of carbonyl (C=O) groups is 1. The third-order valence-electron chi connectivity index (χ3n) is 3.27. The molecule has 2 rings (SSSR count). The van der Waals surface area contributed by atoms with E-state index in [4.69, 9.17) is 5.11 Å². The molecule has 0 aliphatic rings. The normalized spacial score (nSPS) is 11.1. The summed E-state index contributed by atoms with van der Waals surface area (Å²) in [5, 5.41) is 24.2. The fraction of sp³-hybridized carbons (Fsp3) is 0.133. The molecule has 0 aliphatic heterocycles. The van der Waals surface area contributed by atoms with Gasteiger partial charge in [-0.2, -0.15) is 13.2 Å². The van der Waals surface area contributed by atoms with Crippen molar-refractivity contribution < 1.29 is 32.4 Å². The Bertz CT molecular complexity index is 855. The summed E-state index contributed by atoms with van der Waals surface area (Å²) >= 11 is 0. The first kappa shape index (κ1) is 19.0. The van der Waals surface area contributed by atoms with Gasteiger partial charge in [-0.05, 0) is 29.8 Å². The number of nitro benzene ring substituents is 1. The van der Waals surface area contributed by atoms with E-state index < -0.39 is 34.3 Å². The highest BCUT2D eigenvalue weighted by molar-refractivity contribution is 5.86. The number of benzene rings is 2. The van der Waals surface area contributed by atoms with Crippen molar-refractivity contribution in [3.05, 3.63) is 63.5 Å². The fourth-order valence-electron chi connectivity index (χ4n) is 2.12. The maximum atomic E-state index is 13.5. The molecule has 0 atom stereocenters. The molecule has 0 saturated carbocycles. The first-order chi connectivity index (χ1) is 12.1. The minimum absolute atomic E-state index is 0.0471. The van der Waals surface area contributed by atoms with Gasteiger partial charge in [0.1, 0.15) is 11.5 Å². The Morgan fingerprint density at radius 1 is 1.19 bits per heavy atom. The highest BCUT2D eigenvalue weighted by Gasteiger charge is 2.33. The summed E-state index contributed by atoms with van der Waals surface area (Å²) in [4.78, 5) is 20.8. The smallest absolute Gasteiger partial charge is 0.419 e. The molecule has 0 aliphatic carbocycles. The predicted octanol–water partition coefficient (Wildman–Crippen LogP) is 4.45. The zero-order valence-electron chi connectivity index (χ0n) is 12.8. The highest BCUT2D eigenvalue weighted by atomic mass is 19.4. The number of amides is 1. The molecule has 26 heavy (non-hydrogen) atoms. The summed E-state index contributed by atoms with van der Waals surface area (Å²) in [5.74, 6) is -1.45. The minimum Gasteiger partial charge on any atom is -0.465 e. The number of carboxylic acid groups (broad SMARTS) is 1. The first-order valence-electron chi connectivity index (χ1n) is 6.96. The number of hydrogen-bond acceptors (Lipinski definition) is 4. The van der Waals surface area contributed by atoms with Crippen molar-refractivity contribution >= 4 is 23.2 Å². The molecule has 1 amide bonds. The Balaban J connectivity index is 2.17. The molecular weight excluding hydrogens is 362 g/mol. The fourth-order valence-corrected chi connectivity index (χ4v) is 2.12. The summed E-state index contributed by atoms with van der Waals surface area (Å²) in [7, 11) is 0. The van der Waals surface area contributed by atoms with Crippen LogP contribution in [0.4, 0.5) is 39.4 Å². The number of anilines is 2. The molecule has 0 radical (unpaired) electrons. The van der Waals surface area contributed by atoms with E-state index in [0.717, 1.165) is 12.1 Å². The largest absolute Gasteiger partial charge is 0.465 e. The lowest BCUT2D eigenvalue weighted by atomic mass is 10.1. The summed E-state index contributed by atoms with van der Waals surface area (Å²) in [6.45, 7) is -0.0566. The zero-order chi connectivity index (χ0) is 19.5. The lowest BCUT2D eigenvalue weighted by Crippen LogP contribution is -2.10. The van der Waals surface area contributed by atoms with E-state index in [0.29, 0.717) is 17.7 Å². The maximum absolute atomic E-state index is 13.5. The third kappa shape index (κ3) is 4.59. The Labute approximate surface area is 143 Å². The van der Waals surface area contributed by atoms with E-state index in [1.54, 1.807) is 0 Å². The molecule has 0 spiro atoms. The van der Waals surface area contributed by atoms with E-state index in [2.05, 4.69) is 5.32 Å². The number of nitrogens with zero attached hydrogens (tertiary/aromatic N) is 1. The first-order valence-corrected chi connectivity index (χ1v) is 6.96. The SMILES string of the molecule is O=C(O)Nc1ccc(CNc2ccc(C(F)(F)F)c(F)c2)cc1[N+](=O)[O-]. The van der Waals surface area contributed by atoms with Crippen LogP contribution in [0.5, 0.6) is 0 Å². The molecule has 0 saturated heterocycles. The number of hydrogen-bond donors (Lipinski definition) is 3. The van der Waals surface area contributed by atoms with Crippen LogP contribution in [0.15, 0.2) is 36.4 Å². The highest BCUT2D eigenvalue weighted by Crippen LogP contribution is 2.32. The molecule has 7 nitrogen and oxygen atoms in total. The molecule has 0 bridgehead atoms. The van der Waals surface area contributed by atoms with E-state index in [1.165, 1.54) is 12.1 Å². The van der Waals surface area contributed by atoms with Crippen LogP contribution < -0.4 is 10.6 Å². The molecule has 2 aromatic carbocycles. The van der Waals surface area contributed by atoms with Gasteiger partial charge in [-0.25, -0.2) is 9.18 Å². The average Bonchev–Trinajstić information content (AvgIpc) is 2.52. The monoisotopic (exact) mass is 373 g/mol. The minimum atomic E-state index is -4.81. The Morgan fingerprint density at radius 3 is 2.42 bits per heavy atom. The van der Waals surface area contributed by atoms with Crippen molar-refractivity contribution in [2.45, 2.75) is 12.7 Å². The summed E-state index contributed by atoms with van der Waals surface area (Å²) < 4.78 is 51.0. The summed E-state index contributed by atoms with van der Waals surface area (Å²) in [5.41, 5.74) is -1.74. The topological polar surface area (TPSA) is 104 Å². The predicted molar refractivity (Wildman–Crippen MR) is 83.5 cm³/mol. The van der Waals surface area contributed by atoms with Gasteiger partial charge < -0.3 is 10.4 Å². The lowest BCUT2D eigenvalue weighted by molar-refractivity contribution is -0.384. The standard InChI is InChI=1S/C15H11F4N3O4/c16-11-6-9(2-3-10(11)15(17,18)19)20-7-8-1-4-12(21-14(23)24)13(5-8)22(25)26/h1-6,20-21H,7H2,(H,23,24). The van der Waals surface area contributed by atoms with Crippen molar-refractivity contribution in [3.63, 3.8) is 0 Å². The Kier molecular flexibility index (Phi) is 5.29. The quantitative estimate of drug-likeness (QED) is 0.408. The third-order valence-corrected chi connectivity index (χ3v) is 3.27. The molecule has 0 fully saturated rings. The molecule has 3 N–H and O–H groups in total. The van der Waals surface area contributed by atoms with Crippen LogP contribution in [0.2, 0.25) is 0 Å². The van der Waals surface area contributed by atoms with E-state index in [9.17, 15) is 32.5 Å². The summed E-state index contributed by atoms with van der Waals surface area (Å²) in [6.07, 6.45) is -6.28. The molecule has 0 unspecified atom stereocenters. The van der Waals surface area contributed by atoms with Crippen LogP contribution in [0, 0.1) is 15.9 Å².